The van der Waals surface area contributed by atoms with Crippen LogP contribution in [0.4, 0.5) is 0 Å². The van der Waals surface area contributed by atoms with E-state index < -0.39 is 0 Å². The third-order valence-electron chi connectivity index (χ3n) is 2.91. The Morgan fingerprint density at radius 3 is 2.67 bits per heavy atom. The predicted octanol–water partition coefficient (Wildman–Crippen LogP) is 3.07. The van der Waals surface area contributed by atoms with Gasteiger partial charge in [-0.15, -0.1) is 11.8 Å². The van der Waals surface area contributed by atoms with E-state index in [4.69, 9.17) is 4.74 Å². The average molecular weight is 265 g/mol. The van der Waals surface area contributed by atoms with Crippen LogP contribution in [0.1, 0.15) is 31.2 Å². The van der Waals surface area contributed by atoms with Crippen molar-refractivity contribution in [2.24, 2.45) is 0 Å². The number of carbonyl (C=O) groups excluding carboxylic acids is 1. The second-order valence-corrected chi connectivity index (χ2v) is 5.32. The molecule has 0 aliphatic carbocycles. The SMILES string of the molecule is CCCN1C(=O)CSC1c1ccc(OCC)cc1. The van der Waals surface area contributed by atoms with E-state index >= 15 is 0 Å². The van der Waals surface area contributed by atoms with Crippen LogP contribution in [0.5, 0.6) is 5.75 Å². The van der Waals surface area contributed by atoms with E-state index in [1.54, 1.807) is 11.8 Å². The lowest BCUT2D eigenvalue weighted by Crippen LogP contribution is -2.28. The highest BCUT2D eigenvalue weighted by Crippen LogP contribution is 2.38. The molecule has 1 saturated heterocycles. The lowest BCUT2D eigenvalue weighted by Gasteiger charge is -2.23. The predicted molar refractivity (Wildman–Crippen MR) is 74.8 cm³/mol. The molecule has 98 valence electrons. The Hall–Kier alpha value is -1.16. The van der Waals surface area contributed by atoms with Crippen molar-refractivity contribution in [2.75, 3.05) is 18.9 Å². The number of hydrogen-bond acceptors (Lipinski definition) is 3. The Balaban J connectivity index is 2.12. The Kier molecular flexibility index (Phi) is 4.53. The minimum Gasteiger partial charge on any atom is -0.494 e. The van der Waals surface area contributed by atoms with Gasteiger partial charge in [0.2, 0.25) is 5.91 Å². The van der Waals surface area contributed by atoms with E-state index in [0.29, 0.717) is 12.4 Å². The fraction of sp³-hybridized carbons (Fsp3) is 0.500. The molecule has 0 N–H and O–H groups in total. The van der Waals surface area contributed by atoms with Crippen molar-refractivity contribution in [1.29, 1.82) is 0 Å². The lowest BCUT2D eigenvalue weighted by atomic mass is 10.2. The van der Waals surface area contributed by atoms with Crippen LogP contribution in [0.15, 0.2) is 24.3 Å². The molecule has 2 rings (SSSR count). The van der Waals surface area contributed by atoms with Crippen LogP contribution in [0.2, 0.25) is 0 Å². The van der Waals surface area contributed by atoms with Crippen molar-refractivity contribution >= 4 is 17.7 Å². The Morgan fingerprint density at radius 2 is 2.06 bits per heavy atom. The number of ether oxygens (including phenoxy) is 1. The summed E-state index contributed by atoms with van der Waals surface area (Å²) in [5, 5.41) is 0.174. The maximum Gasteiger partial charge on any atom is 0.233 e. The fourth-order valence-corrected chi connectivity index (χ4v) is 3.33. The molecule has 1 aromatic carbocycles. The normalized spacial score (nSPS) is 19.3. The molecule has 1 aliphatic heterocycles. The Morgan fingerprint density at radius 1 is 1.33 bits per heavy atom. The van der Waals surface area contributed by atoms with Gasteiger partial charge in [0.25, 0.3) is 0 Å². The Bertz CT molecular complexity index is 405. The van der Waals surface area contributed by atoms with Gasteiger partial charge < -0.3 is 9.64 Å². The smallest absolute Gasteiger partial charge is 0.233 e. The van der Waals surface area contributed by atoms with E-state index in [9.17, 15) is 4.79 Å². The third kappa shape index (κ3) is 2.80. The summed E-state index contributed by atoms with van der Waals surface area (Å²) in [6.07, 6.45) is 1.000. The second-order valence-electron chi connectivity index (χ2n) is 4.25. The molecular formula is C14H19NO2S. The van der Waals surface area contributed by atoms with Crippen molar-refractivity contribution in [2.45, 2.75) is 25.6 Å². The molecule has 18 heavy (non-hydrogen) atoms. The highest BCUT2D eigenvalue weighted by Gasteiger charge is 2.31. The van der Waals surface area contributed by atoms with E-state index in [2.05, 4.69) is 19.1 Å². The standard InChI is InChI=1S/C14H19NO2S/c1-3-9-15-13(16)10-18-14(15)11-5-7-12(8-6-11)17-4-2/h5-8,14H,3-4,9-10H2,1-2H3. The molecule has 1 aliphatic rings. The maximum absolute atomic E-state index is 11.8. The van der Waals surface area contributed by atoms with Crippen molar-refractivity contribution in [1.82, 2.24) is 4.90 Å². The summed E-state index contributed by atoms with van der Waals surface area (Å²) in [6, 6.07) is 8.08. The molecule has 0 saturated carbocycles. The Labute approximate surface area is 113 Å². The quantitative estimate of drug-likeness (QED) is 0.819. The van der Waals surface area contributed by atoms with Gasteiger partial charge in [0, 0.05) is 6.54 Å². The number of nitrogens with zero attached hydrogens (tertiary/aromatic N) is 1. The summed E-state index contributed by atoms with van der Waals surface area (Å²) in [6.45, 7) is 5.59. The zero-order chi connectivity index (χ0) is 13.0. The molecule has 0 aromatic heterocycles. The van der Waals surface area contributed by atoms with Gasteiger partial charge in [0.1, 0.15) is 11.1 Å². The molecule has 1 aromatic rings. The minimum absolute atomic E-state index is 0.174. The summed E-state index contributed by atoms with van der Waals surface area (Å²) in [7, 11) is 0. The summed E-state index contributed by atoms with van der Waals surface area (Å²) in [5.74, 6) is 1.73. The number of hydrogen-bond donors (Lipinski definition) is 0. The van der Waals surface area contributed by atoms with Crippen LogP contribution < -0.4 is 4.74 Å². The highest BCUT2D eigenvalue weighted by atomic mass is 32.2. The molecule has 1 heterocycles. The first-order valence-corrected chi connectivity index (χ1v) is 7.45. The summed E-state index contributed by atoms with van der Waals surface area (Å²) >= 11 is 1.71. The maximum atomic E-state index is 11.8. The van der Waals surface area contributed by atoms with Crippen molar-refractivity contribution in [3.8, 4) is 5.75 Å². The third-order valence-corrected chi connectivity index (χ3v) is 4.16. The van der Waals surface area contributed by atoms with Crippen molar-refractivity contribution in [3.63, 3.8) is 0 Å². The number of rotatable bonds is 5. The van der Waals surface area contributed by atoms with Crippen LogP contribution in [0.25, 0.3) is 0 Å². The average Bonchev–Trinajstić information content (AvgIpc) is 2.73. The summed E-state index contributed by atoms with van der Waals surface area (Å²) in [4.78, 5) is 13.8. The van der Waals surface area contributed by atoms with E-state index in [1.807, 2.05) is 24.0 Å². The zero-order valence-electron chi connectivity index (χ0n) is 10.9. The van der Waals surface area contributed by atoms with Gasteiger partial charge >= 0.3 is 0 Å². The van der Waals surface area contributed by atoms with Crippen LogP contribution in [0, 0.1) is 0 Å². The van der Waals surface area contributed by atoms with Crippen molar-refractivity contribution in [3.05, 3.63) is 29.8 Å². The molecule has 0 spiro atoms. The molecule has 1 fully saturated rings. The van der Waals surface area contributed by atoms with Crippen molar-refractivity contribution < 1.29 is 9.53 Å². The molecule has 4 heteroatoms. The fourth-order valence-electron chi connectivity index (χ4n) is 2.11. The lowest BCUT2D eigenvalue weighted by molar-refractivity contribution is -0.128. The monoisotopic (exact) mass is 265 g/mol. The van der Waals surface area contributed by atoms with E-state index in [1.165, 1.54) is 5.56 Å². The van der Waals surface area contributed by atoms with Crippen LogP contribution in [-0.2, 0) is 4.79 Å². The minimum atomic E-state index is 0.174. The first kappa shape index (κ1) is 13.3. The van der Waals surface area contributed by atoms with Crippen LogP contribution >= 0.6 is 11.8 Å². The summed E-state index contributed by atoms with van der Waals surface area (Å²) < 4.78 is 5.43. The number of thioether (sulfide) groups is 1. The largest absolute Gasteiger partial charge is 0.494 e. The van der Waals surface area contributed by atoms with Gasteiger partial charge in [-0.05, 0) is 31.0 Å². The van der Waals surface area contributed by atoms with Crippen LogP contribution in [0.3, 0.4) is 0 Å². The van der Waals surface area contributed by atoms with Gasteiger partial charge in [-0.1, -0.05) is 19.1 Å². The van der Waals surface area contributed by atoms with E-state index in [0.717, 1.165) is 18.7 Å². The van der Waals surface area contributed by atoms with Crippen LogP contribution in [-0.4, -0.2) is 29.7 Å². The number of amides is 1. The highest BCUT2D eigenvalue weighted by molar-refractivity contribution is 8.00. The van der Waals surface area contributed by atoms with Gasteiger partial charge in [0.05, 0.1) is 12.4 Å². The molecular weight excluding hydrogens is 246 g/mol. The molecule has 1 atom stereocenters. The van der Waals surface area contributed by atoms with Gasteiger partial charge in [-0.25, -0.2) is 0 Å². The first-order chi connectivity index (χ1) is 8.76. The zero-order valence-corrected chi connectivity index (χ0v) is 11.7. The van der Waals surface area contributed by atoms with Gasteiger partial charge in [-0.2, -0.15) is 0 Å². The topological polar surface area (TPSA) is 29.5 Å². The first-order valence-electron chi connectivity index (χ1n) is 6.40. The number of carbonyl (C=O) groups is 1. The molecule has 0 radical (unpaired) electrons. The van der Waals surface area contributed by atoms with E-state index in [-0.39, 0.29) is 11.3 Å². The molecule has 1 unspecified atom stereocenters. The summed E-state index contributed by atoms with van der Waals surface area (Å²) in [5.41, 5.74) is 1.18. The molecule has 3 nitrogen and oxygen atoms in total. The second kappa shape index (κ2) is 6.14. The number of benzene rings is 1. The molecule has 1 amide bonds. The van der Waals surface area contributed by atoms with Gasteiger partial charge in [0.15, 0.2) is 0 Å². The van der Waals surface area contributed by atoms with Gasteiger partial charge in [-0.3, -0.25) is 4.79 Å². The molecule has 0 bridgehead atoms.